The van der Waals surface area contributed by atoms with E-state index in [1.807, 2.05) is 19.1 Å². The average Bonchev–Trinajstić information content (AvgIpc) is 2.97. The lowest BCUT2D eigenvalue weighted by Gasteiger charge is -2.30. The van der Waals surface area contributed by atoms with Crippen LogP contribution in [0.15, 0.2) is 21.3 Å². The SMILES string of the molecule is Cc1cc(Cl)c(N[C@@H](C)C2CCNCC2)cc1-c1n[nH]c(=O)o1.Cl. The molecule has 0 amide bonds. The van der Waals surface area contributed by atoms with E-state index in [0.29, 0.717) is 17.0 Å². The van der Waals surface area contributed by atoms with Gasteiger partial charge in [-0.1, -0.05) is 11.6 Å². The molecule has 8 heteroatoms. The summed E-state index contributed by atoms with van der Waals surface area (Å²) in [5.41, 5.74) is 2.50. The van der Waals surface area contributed by atoms with Gasteiger partial charge in [-0.3, -0.25) is 0 Å². The van der Waals surface area contributed by atoms with Gasteiger partial charge in [-0.15, -0.1) is 17.5 Å². The van der Waals surface area contributed by atoms with Crippen molar-refractivity contribution in [1.82, 2.24) is 15.5 Å². The standard InChI is InChI=1S/C16H21ClN4O2.ClH/c1-9-7-13(17)14(8-12(9)15-20-21-16(22)23-15)19-10(2)11-3-5-18-6-4-11;/h7-8,10-11,18-19H,3-6H2,1-2H3,(H,21,22);1H/t10-;/m0./s1. The molecule has 1 saturated heterocycles. The molecule has 2 aromatic rings. The van der Waals surface area contributed by atoms with Crippen LogP contribution in [-0.2, 0) is 0 Å². The second kappa shape index (κ2) is 8.05. The number of aryl methyl sites for hydroxylation is 1. The zero-order valence-corrected chi connectivity index (χ0v) is 15.3. The lowest BCUT2D eigenvalue weighted by atomic mass is 9.91. The molecule has 3 rings (SSSR count). The van der Waals surface area contributed by atoms with Crippen LogP contribution in [0.3, 0.4) is 0 Å². The van der Waals surface area contributed by atoms with Crippen LogP contribution in [0.1, 0.15) is 25.3 Å². The summed E-state index contributed by atoms with van der Waals surface area (Å²) in [4.78, 5) is 11.2. The first-order chi connectivity index (χ1) is 11.0. The molecule has 0 bridgehead atoms. The molecule has 3 N–H and O–H groups in total. The molecule has 1 aromatic carbocycles. The summed E-state index contributed by atoms with van der Waals surface area (Å²) in [7, 11) is 0. The molecule has 1 aliphatic heterocycles. The van der Waals surface area contributed by atoms with Crippen molar-refractivity contribution < 1.29 is 4.42 Å². The highest BCUT2D eigenvalue weighted by Crippen LogP contribution is 2.32. The molecule has 24 heavy (non-hydrogen) atoms. The Kier molecular flexibility index (Phi) is 6.32. The van der Waals surface area contributed by atoms with Crippen LogP contribution in [0.25, 0.3) is 11.5 Å². The summed E-state index contributed by atoms with van der Waals surface area (Å²) in [6.45, 7) is 6.21. The number of nitrogens with zero attached hydrogens (tertiary/aromatic N) is 1. The lowest BCUT2D eigenvalue weighted by Crippen LogP contribution is -2.36. The van der Waals surface area contributed by atoms with Crippen molar-refractivity contribution in [3.63, 3.8) is 0 Å². The quantitative estimate of drug-likeness (QED) is 0.767. The maximum absolute atomic E-state index is 11.2. The van der Waals surface area contributed by atoms with E-state index >= 15 is 0 Å². The normalized spacial score (nSPS) is 16.5. The van der Waals surface area contributed by atoms with E-state index in [9.17, 15) is 4.79 Å². The van der Waals surface area contributed by atoms with Crippen molar-refractivity contribution in [2.45, 2.75) is 32.7 Å². The second-order valence-corrected chi connectivity index (χ2v) is 6.49. The third-order valence-corrected chi connectivity index (χ3v) is 4.77. The third-order valence-electron chi connectivity index (χ3n) is 4.46. The predicted molar refractivity (Wildman–Crippen MR) is 98.2 cm³/mol. The first-order valence-electron chi connectivity index (χ1n) is 7.88. The van der Waals surface area contributed by atoms with Crippen LogP contribution in [-0.4, -0.2) is 29.3 Å². The molecule has 0 aliphatic carbocycles. The summed E-state index contributed by atoms with van der Waals surface area (Å²) < 4.78 is 5.07. The number of piperidine rings is 1. The first kappa shape index (κ1) is 18.8. The molecule has 0 unspecified atom stereocenters. The van der Waals surface area contributed by atoms with E-state index in [4.69, 9.17) is 16.0 Å². The van der Waals surface area contributed by atoms with E-state index < -0.39 is 5.76 Å². The van der Waals surface area contributed by atoms with Crippen LogP contribution in [0.5, 0.6) is 0 Å². The monoisotopic (exact) mass is 372 g/mol. The Balaban J connectivity index is 0.00000208. The first-order valence-corrected chi connectivity index (χ1v) is 8.25. The Hall–Kier alpha value is -1.50. The number of aromatic nitrogens is 2. The Morgan fingerprint density at radius 1 is 1.38 bits per heavy atom. The Morgan fingerprint density at radius 2 is 2.08 bits per heavy atom. The molecule has 1 aliphatic rings. The van der Waals surface area contributed by atoms with Crippen LogP contribution < -0.4 is 16.4 Å². The Bertz CT molecular complexity index is 738. The van der Waals surface area contributed by atoms with Crippen LogP contribution >= 0.6 is 24.0 Å². The minimum absolute atomic E-state index is 0. The van der Waals surface area contributed by atoms with Crippen LogP contribution in [0.2, 0.25) is 5.02 Å². The van der Waals surface area contributed by atoms with Gasteiger partial charge in [0.15, 0.2) is 0 Å². The molecule has 1 fully saturated rings. The number of hydrogen-bond donors (Lipinski definition) is 3. The summed E-state index contributed by atoms with van der Waals surface area (Å²) >= 11 is 6.38. The van der Waals surface area contributed by atoms with E-state index in [1.54, 1.807) is 0 Å². The molecule has 1 aromatic heterocycles. The number of halogens is 2. The molecule has 1 atom stereocenters. The number of nitrogens with one attached hydrogen (secondary N) is 3. The molecule has 0 saturated carbocycles. The maximum Gasteiger partial charge on any atom is 0.434 e. The molecular formula is C16H22Cl2N4O2. The Labute approximate surface area is 151 Å². The van der Waals surface area contributed by atoms with Crippen molar-refractivity contribution in [2.24, 2.45) is 5.92 Å². The lowest BCUT2D eigenvalue weighted by molar-refractivity contribution is 0.343. The van der Waals surface area contributed by atoms with Gasteiger partial charge in [0.05, 0.1) is 10.7 Å². The van der Waals surface area contributed by atoms with E-state index in [1.165, 1.54) is 0 Å². The summed E-state index contributed by atoms with van der Waals surface area (Å²) in [5.74, 6) is 0.328. The fourth-order valence-electron chi connectivity index (χ4n) is 3.07. The molecule has 0 radical (unpaired) electrons. The van der Waals surface area contributed by atoms with Crippen molar-refractivity contribution in [2.75, 3.05) is 18.4 Å². The van der Waals surface area contributed by atoms with Crippen molar-refractivity contribution in [3.05, 3.63) is 33.3 Å². The van der Waals surface area contributed by atoms with Crippen molar-refractivity contribution in [3.8, 4) is 11.5 Å². The predicted octanol–water partition coefficient (Wildman–Crippen LogP) is 3.21. The van der Waals surface area contributed by atoms with E-state index in [-0.39, 0.29) is 18.3 Å². The minimum Gasteiger partial charge on any atom is -0.388 e. The summed E-state index contributed by atoms with van der Waals surface area (Å²) in [6, 6.07) is 4.08. The smallest absolute Gasteiger partial charge is 0.388 e. The largest absolute Gasteiger partial charge is 0.434 e. The van der Waals surface area contributed by atoms with Gasteiger partial charge in [0.1, 0.15) is 0 Å². The Morgan fingerprint density at radius 3 is 2.71 bits per heavy atom. The zero-order valence-electron chi connectivity index (χ0n) is 13.7. The van der Waals surface area contributed by atoms with Gasteiger partial charge in [0.25, 0.3) is 0 Å². The zero-order chi connectivity index (χ0) is 16.4. The second-order valence-electron chi connectivity index (χ2n) is 6.09. The summed E-state index contributed by atoms with van der Waals surface area (Å²) in [6.07, 6.45) is 2.30. The molecule has 2 heterocycles. The third kappa shape index (κ3) is 4.12. The van der Waals surface area contributed by atoms with Gasteiger partial charge in [-0.05, 0) is 63.4 Å². The fourth-order valence-corrected chi connectivity index (χ4v) is 3.34. The van der Waals surface area contributed by atoms with Gasteiger partial charge in [0.2, 0.25) is 5.89 Å². The van der Waals surface area contributed by atoms with Crippen LogP contribution in [0, 0.1) is 12.8 Å². The number of hydrogen-bond acceptors (Lipinski definition) is 5. The molecular weight excluding hydrogens is 351 g/mol. The van der Waals surface area contributed by atoms with E-state index in [2.05, 4.69) is 27.8 Å². The average molecular weight is 373 g/mol. The van der Waals surface area contributed by atoms with Gasteiger partial charge in [-0.25, -0.2) is 9.89 Å². The highest BCUT2D eigenvalue weighted by molar-refractivity contribution is 6.33. The molecule has 0 spiro atoms. The summed E-state index contributed by atoms with van der Waals surface area (Å²) in [5, 5.41) is 13.7. The fraction of sp³-hybridized carbons (Fsp3) is 0.500. The number of H-pyrrole nitrogens is 1. The number of aromatic amines is 1. The molecule has 132 valence electrons. The van der Waals surface area contributed by atoms with Gasteiger partial charge >= 0.3 is 5.76 Å². The van der Waals surface area contributed by atoms with Crippen LogP contribution in [0.4, 0.5) is 5.69 Å². The highest BCUT2D eigenvalue weighted by Gasteiger charge is 2.21. The minimum atomic E-state index is -0.563. The van der Waals surface area contributed by atoms with E-state index in [0.717, 1.165) is 42.7 Å². The topological polar surface area (TPSA) is 83.0 Å². The van der Waals surface area contributed by atoms with Crippen molar-refractivity contribution >= 4 is 29.7 Å². The maximum atomic E-state index is 11.2. The van der Waals surface area contributed by atoms with Gasteiger partial charge < -0.3 is 15.1 Å². The van der Waals surface area contributed by atoms with Crippen molar-refractivity contribution in [1.29, 1.82) is 0 Å². The number of benzene rings is 1. The van der Waals surface area contributed by atoms with Gasteiger partial charge in [0, 0.05) is 11.6 Å². The number of rotatable bonds is 4. The van der Waals surface area contributed by atoms with Gasteiger partial charge in [-0.2, -0.15) is 0 Å². The molecule has 6 nitrogen and oxygen atoms in total. The highest BCUT2D eigenvalue weighted by atomic mass is 35.5. The number of anilines is 1.